The average Bonchev–Trinajstić information content (AvgIpc) is 2.42. The first-order valence-corrected chi connectivity index (χ1v) is 7.55. The summed E-state index contributed by atoms with van der Waals surface area (Å²) in [5.41, 5.74) is 3.12. The van der Waals surface area contributed by atoms with E-state index in [2.05, 4.69) is 0 Å². The molecule has 1 aliphatic heterocycles. The molecule has 1 aromatic rings. The largest absolute Gasteiger partial charge is 0.481 e. The average molecular weight is 289 g/mol. The summed E-state index contributed by atoms with van der Waals surface area (Å²) >= 11 is 0. The molecule has 1 saturated heterocycles. The minimum atomic E-state index is -0.809. The van der Waals surface area contributed by atoms with Gasteiger partial charge in [-0.3, -0.25) is 9.59 Å². The van der Waals surface area contributed by atoms with E-state index in [1.807, 2.05) is 39.0 Å². The highest BCUT2D eigenvalue weighted by atomic mass is 16.4. The summed E-state index contributed by atoms with van der Waals surface area (Å²) in [5, 5.41) is 9.59. The Hall–Kier alpha value is -1.84. The minimum absolute atomic E-state index is 0.0713. The minimum Gasteiger partial charge on any atom is -0.481 e. The first-order chi connectivity index (χ1) is 9.97. The first-order valence-electron chi connectivity index (χ1n) is 7.55. The third-order valence-corrected chi connectivity index (χ3v) is 4.33. The lowest BCUT2D eigenvalue weighted by atomic mass is 9.81. The second-order valence-corrected chi connectivity index (χ2v) is 5.82. The molecule has 0 aromatic heterocycles. The highest BCUT2D eigenvalue weighted by Gasteiger charge is 2.41. The molecule has 4 heteroatoms. The zero-order valence-electron chi connectivity index (χ0n) is 12.9. The van der Waals surface area contributed by atoms with E-state index in [1.54, 1.807) is 4.90 Å². The third kappa shape index (κ3) is 2.94. The number of amides is 1. The van der Waals surface area contributed by atoms with E-state index in [0.717, 1.165) is 23.1 Å². The van der Waals surface area contributed by atoms with Gasteiger partial charge in [0.25, 0.3) is 0 Å². The van der Waals surface area contributed by atoms with Crippen LogP contribution in [-0.4, -0.2) is 28.4 Å². The molecule has 2 unspecified atom stereocenters. The van der Waals surface area contributed by atoms with Crippen molar-refractivity contribution < 1.29 is 14.7 Å². The molecule has 2 rings (SSSR count). The number of carbonyl (C=O) groups is 2. The van der Waals surface area contributed by atoms with Crippen LogP contribution in [0.15, 0.2) is 18.2 Å². The SMILES string of the molecule is CCCN1C(=O)CCC(C(=O)O)C1c1c(C)cccc1C. The molecule has 0 aliphatic carbocycles. The van der Waals surface area contributed by atoms with Crippen LogP contribution in [0.25, 0.3) is 0 Å². The number of aryl methyl sites for hydroxylation is 2. The Kier molecular flexibility index (Phi) is 4.66. The number of carbonyl (C=O) groups excluding carboxylic acids is 1. The second kappa shape index (κ2) is 6.29. The molecule has 1 fully saturated rings. The predicted molar refractivity (Wildman–Crippen MR) is 81.0 cm³/mol. The number of hydrogen-bond acceptors (Lipinski definition) is 2. The summed E-state index contributed by atoms with van der Waals surface area (Å²) in [5.74, 6) is -1.26. The van der Waals surface area contributed by atoms with Crippen LogP contribution in [0, 0.1) is 19.8 Å². The van der Waals surface area contributed by atoms with Gasteiger partial charge in [0.15, 0.2) is 0 Å². The molecule has 114 valence electrons. The van der Waals surface area contributed by atoms with E-state index in [1.165, 1.54) is 0 Å². The van der Waals surface area contributed by atoms with Gasteiger partial charge in [0.1, 0.15) is 0 Å². The number of carboxylic acid groups (broad SMARTS) is 1. The van der Waals surface area contributed by atoms with E-state index in [0.29, 0.717) is 19.4 Å². The Morgan fingerprint density at radius 1 is 1.33 bits per heavy atom. The normalized spacial score (nSPS) is 22.4. The van der Waals surface area contributed by atoms with Crippen molar-refractivity contribution in [2.24, 2.45) is 5.92 Å². The topological polar surface area (TPSA) is 57.6 Å². The Balaban J connectivity index is 2.54. The van der Waals surface area contributed by atoms with Crippen LogP contribution < -0.4 is 0 Å². The van der Waals surface area contributed by atoms with Gasteiger partial charge in [0, 0.05) is 13.0 Å². The number of likely N-dealkylation sites (tertiary alicyclic amines) is 1. The fourth-order valence-electron chi connectivity index (χ4n) is 3.37. The highest BCUT2D eigenvalue weighted by Crippen LogP contribution is 2.39. The molecule has 0 radical (unpaired) electrons. The third-order valence-electron chi connectivity index (χ3n) is 4.33. The lowest BCUT2D eigenvalue weighted by molar-refractivity contribution is -0.152. The van der Waals surface area contributed by atoms with Crippen molar-refractivity contribution >= 4 is 11.9 Å². The Bertz CT molecular complexity index is 533. The zero-order chi connectivity index (χ0) is 15.6. The van der Waals surface area contributed by atoms with Crippen molar-refractivity contribution in [2.75, 3.05) is 6.54 Å². The maximum absolute atomic E-state index is 12.3. The lowest BCUT2D eigenvalue weighted by Gasteiger charge is -2.41. The molecule has 1 N–H and O–H groups in total. The Morgan fingerprint density at radius 3 is 2.48 bits per heavy atom. The molecule has 1 amide bonds. The monoisotopic (exact) mass is 289 g/mol. The molecule has 2 atom stereocenters. The van der Waals surface area contributed by atoms with Gasteiger partial charge in [0.05, 0.1) is 12.0 Å². The molecule has 21 heavy (non-hydrogen) atoms. The van der Waals surface area contributed by atoms with Crippen LogP contribution in [0.2, 0.25) is 0 Å². The number of rotatable bonds is 4. The van der Waals surface area contributed by atoms with Crippen LogP contribution in [0.3, 0.4) is 0 Å². The van der Waals surface area contributed by atoms with E-state index in [4.69, 9.17) is 0 Å². The number of piperidine rings is 1. The summed E-state index contributed by atoms with van der Waals surface area (Å²) < 4.78 is 0. The maximum atomic E-state index is 12.3. The molecule has 0 spiro atoms. The zero-order valence-corrected chi connectivity index (χ0v) is 12.9. The van der Waals surface area contributed by atoms with Gasteiger partial charge in [-0.2, -0.15) is 0 Å². The van der Waals surface area contributed by atoms with E-state index < -0.39 is 11.9 Å². The smallest absolute Gasteiger partial charge is 0.308 e. The molecule has 4 nitrogen and oxygen atoms in total. The summed E-state index contributed by atoms with van der Waals surface area (Å²) in [6.45, 7) is 6.61. The molecular weight excluding hydrogens is 266 g/mol. The number of benzene rings is 1. The van der Waals surface area contributed by atoms with Crippen molar-refractivity contribution in [3.63, 3.8) is 0 Å². The van der Waals surface area contributed by atoms with Crippen LogP contribution in [-0.2, 0) is 9.59 Å². The van der Waals surface area contributed by atoms with Crippen molar-refractivity contribution in [3.8, 4) is 0 Å². The fourth-order valence-corrected chi connectivity index (χ4v) is 3.37. The first kappa shape index (κ1) is 15.5. The Morgan fingerprint density at radius 2 is 1.95 bits per heavy atom. The molecule has 1 aliphatic rings. The van der Waals surface area contributed by atoms with Crippen molar-refractivity contribution in [3.05, 3.63) is 34.9 Å². The molecule has 0 bridgehead atoms. The molecule has 1 heterocycles. The number of carboxylic acids is 1. The van der Waals surface area contributed by atoms with Crippen molar-refractivity contribution in [2.45, 2.75) is 46.1 Å². The van der Waals surface area contributed by atoms with E-state index in [-0.39, 0.29) is 11.9 Å². The summed E-state index contributed by atoms with van der Waals surface area (Å²) in [6.07, 6.45) is 1.59. The maximum Gasteiger partial charge on any atom is 0.308 e. The van der Waals surface area contributed by atoms with Crippen molar-refractivity contribution in [1.29, 1.82) is 0 Å². The van der Waals surface area contributed by atoms with Crippen molar-refractivity contribution in [1.82, 2.24) is 4.90 Å². The lowest BCUT2D eigenvalue weighted by Crippen LogP contribution is -2.46. The highest BCUT2D eigenvalue weighted by molar-refractivity contribution is 5.82. The van der Waals surface area contributed by atoms with Crippen LogP contribution in [0.1, 0.15) is 48.9 Å². The number of hydrogen-bond donors (Lipinski definition) is 1. The van der Waals surface area contributed by atoms with Crippen LogP contribution in [0.4, 0.5) is 0 Å². The summed E-state index contributed by atoms with van der Waals surface area (Å²) in [6, 6.07) is 5.61. The Labute approximate surface area is 125 Å². The quantitative estimate of drug-likeness (QED) is 0.926. The predicted octanol–water partition coefficient (Wildman–Crippen LogP) is 3.08. The van der Waals surface area contributed by atoms with Gasteiger partial charge >= 0.3 is 5.97 Å². The molecular formula is C17H23NO3. The molecule has 0 saturated carbocycles. The van der Waals surface area contributed by atoms with Crippen LogP contribution >= 0.6 is 0 Å². The fraction of sp³-hybridized carbons (Fsp3) is 0.529. The van der Waals surface area contributed by atoms with E-state index >= 15 is 0 Å². The van der Waals surface area contributed by atoms with Gasteiger partial charge in [-0.25, -0.2) is 0 Å². The number of nitrogens with zero attached hydrogens (tertiary/aromatic N) is 1. The van der Waals surface area contributed by atoms with E-state index in [9.17, 15) is 14.7 Å². The summed E-state index contributed by atoms with van der Waals surface area (Å²) in [7, 11) is 0. The van der Waals surface area contributed by atoms with Gasteiger partial charge in [0.2, 0.25) is 5.91 Å². The van der Waals surface area contributed by atoms with Gasteiger partial charge in [-0.15, -0.1) is 0 Å². The summed E-state index contributed by atoms with van der Waals surface area (Å²) in [4.78, 5) is 25.7. The van der Waals surface area contributed by atoms with Gasteiger partial charge in [-0.05, 0) is 43.4 Å². The van der Waals surface area contributed by atoms with Crippen LogP contribution in [0.5, 0.6) is 0 Å². The number of aliphatic carboxylic acids is 1. The van der Waals surface area contributed by atoms with Gasteiger partial charge in [-0.1, -0.05) is 25.1 Å². The van der Waals surface area contributed by atoms with Gasteiger partial charge < -0.3 is 10.0 Å². The second-order valence-electron chi connectivity index (χ2n) is 5.82. The standard InChI is InChI=1S/C17H23NO3/c1-4-10-18-14(19)9-8-13(17(20)21)16(18)15-11(2)6-5-7-12(15)3/h5-7,13,16H,4,8-10H2,1-3H3,(H,20,21). The molecule has 1 aromatic carbocycles.